The highest BCUT2D eigenvalue weighted by Crippen LogP contribution is 2.01. The van der Waals surface area contributed by atoms with Gasteiger partial charge >= 0.3 is 0 Å². The molecule has 0 rings (SSSR count). The third-order valence-electron chi connectivity index (χ3n) is 0.613. The van der Waals surface area contributed by atoms with Gasteiger partial charge in [-0.1, -0.05) is 0 Å². The first-order chi connectivity index (χ1) is 4.04. The molecule has 0 unspecified atom stereocenters. The van der Waals surface area contributed by atoms with Crippen LogP contribution in [0.2, 0.25) is 0 Å². The lowest BCUT2D eigenvalue weighted by Gasteiger charge is -2.10. The molecule has 0 saturated carbocycles. The number of rotatable bonds is 0. The second-order valence-electron chi connectivity index (χ2n) is 1.67. The molecule has 0 amide bonds. The predicted molar refractivity (Wildman–Crippen MR) is 40.9 cm³/mol. The minimum Gasteiger partial charge on any atom is -0.378 e. The molecule has 0 atom stereocenters. The van der Waals surface area contributed by atoms with Gasteiger partial charge in [-0.3, -0.25) is 10.8 Å². The summed E-state index contributed by atoms with van der Waals surface area (Å²) in [6.45, 7) is 0. The summed E-state index contributed by atoms with van der Waals surface area (Å²) in [5.41, 5.74) is 5.01. The molecule has 0 saturated heterocycles. The number of hydrogen-bond donors (Lipinski definition) is 3. The topological polar surface area (TPSA) is 77.0 Å². The van der Waals surface area contributed by atoms with Gasteiger partial charge in [-0.15, -0.1) is 0 Å². The molecule has 0 fully saturated rings. The Balaban J connectivity index is 3.64. The Morgan fingerprint density at radius 2 is 1.89 bits per heavy atom. The zero-order valence-corrected chi connectivity index (χ0v) is 6.25. The summed E-state index contributed by atoms with van der Waals surface area (Å²) >= 11 is 0.933. The van der Waals surface area contributed by atoms with Crippen LogP contribution >= 0.6 is 11.8 Å². The zero-order valence-electron chi connectivity index (χ0n) is 5.43. The van der Waals surface area contributed by atoms with Crippen molar-refractivity contribution >= 4 is 22.1 Å². The van der Waals surface area contributed by atoms with Gasteiger partial charge in [0.2, 0.25) is 0 Å². The van der Waals surface area contributed by atoms with Gasteiger partial charge in [0.25, 0.3) is 0 Å². The van der Waals surface area contributed by atoms with Gasteiger partial charge in [-0.05, 0) is 11.8 Å². The van der Waals surface area contributed by atoms with Crippen LogP contribution in [0.5, 0.6) is 0 Å². The van der Waals surface area contributed by atoms with Crippen molar-refractivity contribution in [1.29, 1.82) is 10.8 Å². The number of amidine groups is 2. The second kappa shape index (κ2) is 3.34. The van der Waals surface area contributed by atoms with Crippen molar-refractivity contribution in [1.82, 2.24) is 4.90 Å². The highest BCUT2D eigenvalue weighted by Gasteiger charge is 1.99. The van der Waals surface area contributed by atoms with Crippen LogP contribution in [0.25, 0.3) is 0 Å². The molecule has 0 bridgehead atoms. The Hall–Kier alpha value is -0.710. The van der Waals surface area contributed by atoms with Crippen molar-refractivity contribution in [3.05, 3.63) is 0 Å². The molecule has 0 aromatic heterocycles. The first-order valence-electron chi connectivity index (χ1n) is 2.31. The van der Waals surface area contributed by atoms with Crippen LogP contribution < -0.4 is 5.73 Å². The van der Waals surface area contributed by atoms with E-state index in [1.54, 1.807) is 19.0 Å². The number of nitrogens with zero attached hydrogens (tertiary/aromatic N) is 1. The molecule has 0 aromatic carbocycles. The van der Waals surface area contributed by atoms with Gasteiger partial charge in [0, 0.05) is 14.1 Å². The molecule has 4 nitrogen and oxygen atoms in total. The number of nitrogens with one attached hydrogen (secondary N) is 2. The molecule has 4 N–H and O–H groups in total. The fourth-order valence-corrected chi connectivity index (χ4v) is 0.586. The van der Waals surface area contributed by atoms with Gasteiger partial charge in [-0.25, -0.2) is 0 Å². The van der Waals surface area contributed by atoms with E-state index in [1.165, 1.54) is 0 Å². The molecule has 0 aliphatic heterocycles. The number of hydrogen-bond acceptors (Lipinski definition) is 3. The Kier molecular flexibility index (Phi) is 3.08. The monoisotopic (exact) mass is 146 g/mol. The smallest absolute Gasteiger partial charge is 0.163 e. The SMILES string of the molecule is CN(C)C(=N)SC(=N)N. The molecule has 0 aliphatic rings. The lowest BCUT2D eigenvalue weighted by atomic mass is 10.9. The van der Waals surface area contributed by atoms with E-state index in [0.29, 0.717) is 0 Å². The molecule has 0 radical (unpaired) electrons. The van der Waals surface area contributed by atoms with Crippen molar-refractivity contribution in [2.75, 3.05) is 14.1 Å². The fourth-order valence-electron chi connectivity index (χ4n) is 0.195. The molecular formula is C4H10N4S. The maximum atomic E-state index is 7.14. The van der Waals surface area contributed by atoms with Crippen molar-refractivity contribution in [3.63, 3.8) is 0 Å². The van der Waals surface area contributed by atoms with Crippen LogP contribution in [0.3, 0.4) is 0 Å². The Morgan fingerprint density at radius 3 is 2.00 bits per heavy atom. The first-order valence-corrected chi connectivity index (χ1v) is 3.13. The summed E-state index contributed by atoms with van der Waals surface area (Å²) in [6, 6.07) is 0. The van der Waals surface area contributed by atoms with Crippen LogP contribution in [0.4, 0.5) is 0 Å². The molecular weight excluding hydrogens is 136 g/mol. The minimum atomic E-state index is -0.0475. The van der Waals surface area contributed by atoms with Crippen molar-refractivity contribution in [2.24, 2.45) is 5.73 Å². The largest absolute Gasteiger partial charge is 0.378 e. The fraction of sp³-hybridized carbons (Fsp3) is 0.500. The molecule has 5 heteroatoms. The summed E-state index contributed by atoms with van der Waals surface area (Å²) in [6.07, 6.45) is 0. The van der Waals surface area contributed by atoms with E-state index in [9.17, 15) is 0 Å². The van der Waals surface area contributed by atoms with Gasteiger partial charge in [0.1, 0.15) is 0 Å². The molecule has 0 spiro atoms. The first kappa shape index (κ1) is 8.29. The summed E-state index contributed by atoms with van der Waals surface area (Å²) < 4.78 is 0. The normalized spacial score (nSPS) is 8.67. The summed E-state index contributed by atoms with van der Waals surface area (Å²) in [5.74, 6) is 0. The maximum absolute atomic E-state index is 7.14. The van der Waals surface area contributed by atoms with E-state index in [2.05, 4.69) is 0 Å². The van der Waals surface area contributed by atoms with Crippen LogP contribution in [-0.4, -0.2) is 29.3 Å². The zero-order chi connectivity index (χ0) is 7.44. The molecule has 52 valence electrons. The second-order valence-corrected chi connectivity index (χ2v) is 2.70. The van der Waals surface area contributed by atoms with Crippen LogP contribution in [0.15, 0.2) is 0 Å². The van der Waals surface area contributed by atoms with Crippen LogP contribution in [-0.2, 0) is 0 Å². The van der Waals surface area contributed by atoms with Crippen molar-refractivity contribution in [3.8, 4) is 0 Å². The van der Waals surface area contributed by atoms with E-state index in [1.807, 2.05) is 0 Å². The van der Waals surface area contributed by atoms with E-state index >= 15 is 0 Å². The van der Waals surface area contributed by atoms with Gasteiger partial charge < -0.3 is 10.6 Å². The lowest BCUT2D eigenvalue weighted by molar-refractivity contribution is 0.632. The highest BCUT2D eigenvalue weighted by atomic mass is 32.2. The van der Waals surface area contributed by atoms with Crippen molar-refractivity contribution in [2.45, 2.75) is 0 Å². The van der Waals surface area contributed by atoms with Crippen LogP contribution in [0, 0.1) is 10.8 Å². The Bertz CT molecular complexity index is 131. The van der Waals surface area contributed by atoms with Gasteiger partial charge in [-0.2, -0.15) is 0 Å². The third kappa shape index (κ3) is 3.84. The van der Waals surface area contributed by atoms with E-state index in [4.69, 9.17) is 16.6 Å². The number of nitrogens with two attached hydrogens (primary N) is 1. The maximum Gasteiger partial charge on any atom is 0.163 e. The summed E-state index contributed by atoms with van der Waals surface area (Å²) in [4.78, 5) is 1.59. The molecule has 9 heavy (non-hydrogen) atoms. The summed E-state index contributed by atoms with van der Waals surface area (Å²) in [5, 5.41) is 14.2. The van der Waals surface area contributed by atoms with E-state index in [0.717, 1.165) is 11.8 Å². The predicted octanol–water partition coefficient (Wildman–Crippen LogP) is 0.109. The highest BCUT2D eigenvalue weighted by molar-refractivity contribution is 8.26. The Morgan fingerprint density at radius 1 is 1.44 bits per heavy atom. The molecule has 0 aromatic rings. The van der Waals surface area contributed by atoms with Crippen molar-refractivity contribution < 1.29 is 0 Å². The summed E-state index contributed by atoms with van der Waals surface area (Å²) in [7, 11) is 3.47. The average molecular weight is 146 g/mol. The van der Waals surface area contributed by atoms with E-state index < -0.39 is 0 Å². The van der Waals surface area contributed by atoms with Crippen LogP contribution in [0.1, 0.15) is 0 Å². The quantitative estimate of drug-likeness (QED) is 0.335. The standard InChI is InChI=1S/C4H10N4S/c1-8(2)4(7)9-3(5)6/h7H,1-2H3,(H3,5,6). The Labute approximate surface area is 58.4 Å². The molecule has 0 aliphatic carbocycles. The minimum absolute atomic E-state index is 0.0475. The lowest BCUT2D eigenvalue weighted by Crippen LogP contribution is -2.21. The average Bonchev–Trinajstić information content (AvgIpc) is 1.63. The van der Waals surface area contributed by atoms with Gasteiger partial charge in [0.05, 0.1) is 0 Å². The van der Waals surface area contributed by atoms with Gasteiger partial charge in [0.15, 0.2) is 10.3 Å². The van der Waals surface area contributed by atoms with E-state index in [-0.39, 0.29) is 10.3 Å². The number of thioether (sulfide) groups is 1. The third-order valence-corrected chi connectivity index (χ3v) is 1.39. The molecule has 0 heterocycles.